The first-order chi connectivity index (χ1) is 9.63. The number of rotatable bonds is 5. The van der Waals surface area contributed by atoms with E-state index in [4.69, 9.17) is 4.74 Å². The van der Waals surface area contributed by atoms with Crippen LogP contribution >= 0.6 is 0 Å². The third-order valence-electron chi connectivity index (χ3n) is 2.45. The van der Waals surface area contributed by atoms with Gasteiger partial charge in [0.05, 0.1) is 4.92 Å². The molecule has 0 aliphatic carbocycles. The Morgan fingerprint density at radius 3 is 2.60 bits per heavy atom. The van der Waals surface area contributed by atoms with E-state index in [2.05, 4.69) is 4.98 Å². The standard InChI is InChI=1S/C14H11FN2O3/c15-13-4-1-12(2-5-13)10-20-14-6-3-11(9-16-14)7-8-17(18)19/h1-9H,10H2. The zero-order valence-electron chi connectivity index (χ0n) is 10.4. The maximum atomic E-state index is 12.7. The van der Waals surface area contributed by atoms with Crippen LogP contribution in [0.4, 0.5) is 4.39 Å². The summed E-state index contributed by atoms with van der Waals surface area (Å²) >= 11 is 0. The second-order valence-electron chi connectivity index (χ2n) is 3.95. The molecule has 2 rings (SSSR count). The summed E-state index contributed by atoms with van der Waals surface area (Å²) in [5.74, 6) is 0.0985. The average Bonchev–Trinajstić information content (AvgIpc) is 2.45. The highest BCUT2D eigenvalue weighted by Gasteiger charge is 1.98. The molecule has 0 aliphatic rings. The van der Waals surface area contributed by atoms with Crippen molar-refractivity contribution in [2.24, 2.45) is 0 Å². The van der Waals surface area contributed by atoms with Gasteiger partial charge in [0.25, 0.3) is 0 Å². The molecule has 102 valence electrons. The van der Waals surface area contributed by atoms with Gasteiger partial charge in [0, 0.05) is 18.3 Å². The van der Waals surface area contributed by atoms with Crippen LogP contribution in [-0.4, -0.2) is 9.91 Å². The van der Waals surface area contributed by atoms with Gasteiger partial charge in [0.2, 0.25) is 12.1 Å². The van der Waals surface area contributed by atoms with Crippen LogP contribution in [0.3, 0.4) is 0 Å². The van der Waals surface area contributed by atoms with E-state index in [9.17, 15) is 14.5 Å². The predicted molar refractivity (Wildman–Crippen MR) is 71.0 cm³/mol. The summed E-state index contributed by atoms with van der Waals surface area (Å²) in [6.07, 6.45) is 3.66. The molecule has 0 N–H and O–H groups in total. The number of hydrogen-bond acceptors (Lipinski definition) is 4. The Balaban J connectivity index is 1.93. The summed E-state index contributed by atoms with van der Waals surface area (Å²) in [7, 11) is 0. The van der Waals surface area contributed by atoms with Gasteiger partial charge in [0.15, 0.2) is 0 Å². The normalized spacial score (nSPS) is 10.7. The molecule has 0 radical (unpaired) electrons. The summed E-state index contributed by atoms with van der Waals surface area (Å²) in [6, 6.07) is 9.25. The highest BCUT2D eigenvalue weighted by Crippen LogP contribution is 2.11. The van der Waals surface area contributed by atoms with Gasteiger partial charge < -0.3 is 4.74 Å². The maximum absolute atomic E-state index is 12.7. The zero-order valence-corrected chi connectivity index (χ0v) is 10.4. The molecule has 0 amide bonds. The molecule has 0 saturated heterocycles. The van der Waals surface area contributed by atoms with Gasteiger partial charge in [-0.3, -0.25) is 10.1 Å². The molecule has 6 heteroatoms. The molecule has 2 aromatic rings. The predicted octanol–water partition coefficient (Wildman–Crippen LogP) is 3.05. The molecule has 20 heavy (non-hydrogen) atoms. The van der Waals surface area contributed by atoms with Gasteiger partial charge in [-0.1, -0.05) is 12.1 Å². The third-order valence-corrected chi connectivity index (χ3v) is 2.45. The van der Waals surface area contributed by atoms with Gasteiger partial charge in [-0.15, -0.1) is 0 Å². The number of pyridine rings is 1. The Hall–Kier alpha value is -2.76. The Labute approximate surface area is 114 Å². The molecule has 1 heterocycles. The maximum Gasteiger partial charge on any atom is 0.235 e. The van der Waals surface area contributed by atoms with Gasteiger partial charge in [-0.25, -0.2) is 9.37 Å². The fourth-order valence-electron chi connectivity index (χ4n) is 1.46. The van der Waals surface area contributed by atoms with Gasteiger partial charge in [0.1, 0.15) is 12.4 Å². The van der Waals surface area contributed by atoms with Crippen LogP contribution in [0.1, 0.15) is 11.1 Å². The van der Waals surface area contributed by atoms with E-state index in [1.165, 1.54) is 24.4 Å². The van der Waals surface area contributed by atoms with E-state index < -0.39 is 4.92 Å². The van der Waals surface area contributed by atoms with Crippen LogP contribution in [0.15, 0.2) is 48.8 Å². The van der Waals surface area contributed by atoms with Crippen molar-refractivity contribution in [1.82, 2.24) is 4.98 Å². The highest BCUT2D eigenvalue weighted by molar-refractivity contribution is 5.46. The van der Waals surface area contributed by atoms with Gasteiger partial charge in [-0.2, -0.15) is 0 Å². The number of ether oxygens (including phenoxy) is 1. The molecule has 0 saturated carbocycles. The molecule has 0 spiro atoms. The lowest BCUT2D eigenvalue weighted by molar-refractivity contribution is -0.400. The first-order valence-electron chi connectivity index (χ1n) is 5.78. The molecular formula is C14H11FN2O3. The van der Waals surface area contributed by atoms with E-state index in [0.717, 1.165) is 11.8 Å². The van der Waals surface area contributed by atoms with Crippen molar-refractivity contribution in [2.45, 2.75) is 6.61 Å². The van der Waals surface area contributed by atoms with Crippen LogP contribution in [0, 0.1) is 15.9 Å². The number of nitrogens with zero attached hydrogens (tertiary/aromatic N) is 2. The first kappa shape index (κ1) is 13.7. The number of aromatic nitrogens is 1. The SMILES string of the molecule is O=[N+]([O-])C=Cc1ccc(OCc2ccc(F)cc2)nc1. The quantitative estimate of drug-likeness (QED) is 0.621. The molecule has 0 atom stereocenters. The summed E-state index contributed by atoms with van der Waals surface area (Å²) in [4.78, 5) is 13.6. The van der Waals surface area contributed by atoms with E-state index in [1.807, 2.05) is 0 Å². The molecule has 5 nitrogen and oxygen atoms in total. The van der Waals surface area contributed by atoms with Gasteiger partial charge >= 0.3 is 0 Å². The largest absolute Gasteiger partial charge is 0.473 e. The Morgan fingerprint density at radius 1 is 1.25 bits per heavy atom. The number of nitro groups is 1. The minimum absolute atomic E-state index is 0.275. The molecule has 0 aliphatic heterocycles. The minimum Gasteiger partial charge on any atom is -0.473 e. The summed E-state index contributed by atoms with van der Waals surface area (Å²) in [5.41, 5.74) is 1.43. The van der Waals surface area contributed by atoms with E-state index in [-0.39, 0.29) is 12.4 Å². The topological polar surface area (TPSA) is 65.3 Å². The second-order valence-corrected chi connectivity index (χ2v) is 3.95. The van der Waals surface area contributed by atoms with Gasteiger partial charge in [-0.05, 0) is 29.3 Å². The van der Waals surface area contributed by atoms with E-state index >= 15 is 0 Å². The third kappa shape index (κ3) is 4.16. The van der Waals surface area contributed by atoms with Crippen molar-refractivity contribution < 1.29 is 14.1 Å². The average molecular weight is 274 g/mol. The van der Waals surface area contributed by atoms with Crippen LogP contribution in [0.25, 0.3) is 6.08 Å². The highest BCUT2D eigenvalue weighted by atomic mass is 19.1. The molecular weight excluding hydrogens is 263 g/mol. The summed E-state index contributed by atoms with van der Waals surface area (Å²) in [5, 5.41) is 10.2. The Kier molecular flexibility index (Phi) is 4.39. The van der Waals surface area contributed by atoms with Crippen molar-refractivity contribution in [3.8, 4) is 5.88 Å². The second kappa shape index (κ2) is 6.42. The molecule has 1 aromatic heterocycles. The monoisotopic (exact) mass is 274 g/mol. The fourth-order valence-corrected chi connectivity index (χ4v) is 1.46. The fraction of sp³-hybridized carbons (Fsp3) is 0.0714. The lowest BCUT2D eigenvalue weighted by Gasteiger charge is -2.05. The lowest BCUT2D eigenvalue weighted by Crippen LogP contribution is -1.97. The van der Waals surface area contributed by atoms with Crippen LogP contribution in [-0.2, 0) is 6.61 Å². The van der Waals surface area contributed by atoms with Crippen LogP contribution in [0.5, 0.6) is 5.88 Å². The molecule has 0 unspecified atom stereocenters. The Bertz CT molecular complexity index is 609. The Morgan fingerprint density at radius 2 is 2.00 bits per heavy atom. The molecule has 0 bridgehead atoms. The minimum atomic E-state index is -0.543. The molecule has 1 aromatic carbocycles. The summed E-state index contributed by atoms with van der Waals surface area (Å²) < 4.78 is 18.1. The van der Waals surface area contributed by atoms with Crippen molar-refractivity contribution in [3.05, 3.63) is 75.9 Å². The van der Waals surface area contributed by atoms with Crippen molar-refractivity contribution >= 4 is 6.08 Å². The lowest BCUT2D eigenvalue weighted by atomic mass is 10.2. The van der Waals surface area contributed by atoms with Crippen LogP contribution in [0.2, 0.25) is 0 Å². The smallest absolute Gasteiger partial charge is 0.235 e. The van der Waals surface area contributed by atoms with Crippen molar-refractivity contribution in [2.75, 3.05) is 0 Å². The van der Waals surface area contributed by atoms with Crippen LogP contribution < -0.4 is 4.74 Å². The number of benzene rings is 1. The molecule has 0 fully saturated rings. The first-order valence-corrected chi connectivity index (χ1v) is 5.78. The van der Waals surface area contributed by atoms with Crippen molar-refractivity contribution in [3.63, 3.8) is 0 Å². The summed E-state index contributed by atoms with van der Waals surface area (Å²) in [6.45, 7) is 0.275. The number of halogens is 1. The van der Waals surface area contributed by atoms with E-state index in [1.54, 1.807) is 24.3 Å². The number of hydrogen-bond donors (Lipinski definition) is 0. The van der Waals surface area contributed by atoms with Crippen molar-refractivity contribution in [1.29, 1.82) is 0 Å². The van der Waals surface area contributed by atoms with E-state index in [0.29, 0.717) is 11.4 Å². The zero-order chi connectivity index (χ0) is 14.4.